The van der Waals surface area contributed by atoms with Crippen molar-refractivity contribution >= 4 is 17.2 Å². The number of ether oxygens (including phenoxy) is 1. The van der Waals surface area contributed by atoms with Crippen LogP contribution in [-0.2, 0) is 5.41 Å². The van der Waals surface area contributed by atoms with E-state index in [2.05, 4.69) is 40.8 Å². The van der Waals surface area contributed by atoms with E-state index in [4.69, 9.17) is 9.73 Å². The lowest BCUT2D eigenvalue weighted by Crippen LogP contribution is -2.25. The molecule has 1 aliphatic carbocycles. The predicted molar refractivity (Wildman–Crippen MR) is 121 cm³/mol. The van der Waals surface area contributed by atoms with E-state index in [1.165, 1.54) is 0 Å². The molecule has 3 aromatic rings. The first-order chi connectivity index (χ1) is 14.9. The average Bonchev–Trinajstić information content (AvgIpc) is 2.98. The zero-order chi connectivity index (χ0) is 21.8. The molecule has 1 aliphatic heterocycles. The number of ketones is 1. The fraction of sp³-hybridized carbons (Fsp3) is 0.200. The predicted octanol–water partition coefficient (Wildman–Crippen LogP) is 4.41. The van der Waals surface area contributed by atoms with Gasteiger partial charge in [-0.3, -0.25) is 19.8 Å². The molecule has 0 saturated heterocycles. The molecule has 6 heteroatoms. The Hall–Kier alpha value is -3.80. The molecule has 31 heavy (non-hydrogen) atoms. The minimum atomic E-state index is -0.294. The standard InChI is InChI=1S/C25H22N4O2/c1-25(2)18-13-15(31-4)9-10-19(18)29(3)20(25)14-28-23-16-7-5-11-26-21(16)22-17(24(23)30)8-6-12-27-22/h5-14H,1-4H3/b20-14+,28-23?. The van der Waals surface area contributed by atoms with Crippen molar-refractivity contribution in [2.75, 3.05) is 19.1 Å². The van der Waals surface area contributed by atoms with Gasteiger partial charge in [-0.2, -0.15) is 0 Å². The lowest BCUT2D eigenvalue weighted by Gasteiger charge is -2.23. The molecule has 0 amide bonds. The third-order valence-electron chi connectivity index (χ3n) is 6.11. The summed E-state index contributed by atoms with van der Waals surface area (Å²) in [6.45, 7) is 4.30. The first kappa shape index (κ1) is 19.2. The number of benzene rings is 1. The van der Waals surface area contributed by atoms with Gasteiger partial charge in [-0.1, -0.05) is 13.8 Å². The SMILES string of the molecule is COc1ccc2c(c1)C(C)(C)/C(=C\N=C1C(=O)c3cccnc3-c3ncccc31)N2C. The molecular formula is C25H22N4O2. The zero-order valence-corrected chi connectivity index (χ0v) is 17.9. The Labute approximate surface area is 180 Å². The van der Waals surface area contributed by atoms with E-state index in [0.29, 0.717) is 28.2 Å². The molecule has 0 saturated carbocycles. The number of allylic oxidation sites excluding steroid dienone is 1. The van der Waals surface area contributed by atoms with Gasteiger partial charge in [-0.05, 0) is 48.0 Å². The summed E-state index contributed by atoms with van der Waals surface area (Å²) in [4.78, 5) is 29.0. The number of hydrogen-bond donors (Lipinski definition) is 0. The molecule has 0 atom stereocenters. The molecule has 0 fully saturated rings. The van der Waals surface area contributed by atoms with Crippen molar-refractivity contribution in [2.45, 2.75) is 19.3 Å². The average molecular weight is 410 g/mol. The number of methoxy groups -OCH3 is 1. The number of hydrogen-bond acceptors (Lipinski definition) is 6. The van der Waals surface area contributed by atoms with Crippen LogP contribution in [0.4, 0.5) is 5.69 Å². The molecular weight excluding hydrogens is 388 g/mol. The van der Waals surface area contributed by atoms with Crippen LogP contribution in [0.1, 0.15) is 35.3 Å². The van der Waals surface area contributed by atoms with Crippen molar-refractivity contribution in [1.29, 1.82) is 0 Å². The summed E-state index contributed by atoms with van der Waals surface area (Å²) < 4.78 is 5.42. The summed E-state index contributed by atoms with van der Waals surface area (Å²) in [5.41, 5.74) is 5.86. The Morgan fingerprint density at radius 2 is 1.71 bits per heavy atom. The molecule has 5 rings (SSSR count). The molecule has 154 valence electrons. The normalized spacial score (nSPS) is 18.7. The minimum absolute atomic E-state index is 0.141. The lowest BCUT2D eigenvalue weighted by molar-refractivity contribution is 0.106. The van der Waals surface area contributed by atoms with Gasteiger partial charge in [0.2, 0.25) is 5.78 Å². The van der Waals surface area contributed by atoms with Crippen molar-refractivity contribution in [3.63, 3.8) is 0 Å². The van der Waals surface area contributed by atoms with Gasteiger partial charge in [-0.25, -0.2) is 0 Å². The van der Waals surface area contributed by atoms with Crippen LogP contribution in [0.2, 0.25) is 0 Å². The van der Waals surface area contributed by atoms with Crippen molar-refractivity contribution < 1.29 is 9.53 Å². The van der Waals surface area contributed by atoms with Crippen molar-refractivity contribution in [3.05, 3.63) is 83.4 Å². The smallest absolute Gasteiger partial charge is 0.214 e. The fourth-order valence-corrected chi connectivity index (χ4v) is 4.44. The second-order valence-corrected chi connectivity index (χ2v) is 8.19. The number of aliphatic imine (C=N–C) groups is 1. The van der Waals surface area contributed by atoms with Crippen LogP contribution >= 0.6 is 0 Å². The van der Waals surface area contributed by atoms with Gasteiger partial charge in [0.1, 0.15) is 17.2 Å². The van der Waals surface area contributed by atoms with Crippen LogP contribution in [0.5, 0.6) is 5.75 Å². The largest absolute Gasteiger partial charge is 0.497 e. The van der Waals surface area contributed by atoms with Gasteiger partial charge < -0.3 is 9.64 Å². The fourth-order valence-electron chi connectivity index (χ4n) is 4.44. The number of anilines is 1. The summed E-state index contributed by atoms with van der Waals surface area (Å²) in [5.74, 6) is 0.678. The number of rotatable bonds is 2. The number of fused-ring (bicyclic) bond motifs is 4. The number of carbonyl (C=O) groups is 1. The van der Waals surface area contributed by atoms with Gasteiger partial charge in [-0.15, -0.1) is 0 Å². The monoisotopic (exact) mass is 410 g/mol. The van der Waals surface area contributed by atoms with Crippen LogP contribution in [0.3, 0.4) is 0 Å². The molecule has 0 spiro atoms. The van der Waals surface area contributed by atoms with E-state index >= 15 is 0 Å². The highest BCUT2D eigenvalue weighted by atomic mass is 16.5. The Kier molecular flexibility index (Phi) is 4.25. The van der Waals surface area contributed by atoms with Gasteiger partial charge >= 0.3 is 0 Å². The number of pyridine rings is 2. The highest BCUT2D eigenvalue weighted by Gasteiger charge is 2.39. The van der Waals surface area contributed by atoms with Crippen LogP contribution in [0.15, 0.2) is 71.7 Å². The minimum Gasteiger partial charge on any atom is -0.497 e. The Morgan fingerprint density at radius 1 is 1.03 bits per heavy atom. The first-order valence-corrected chi connectivity index (χ1v) is 10.1. The second kappa shape index (κ2) is 6.87. The molecule has 0 unspecified atom stereocenters. The van der Waals surface area contributed by atoms with E-state index in [1.807, 2.05) is 25.2 Å². The quantitative estimate of drug-likeness (QED) is 0.626. The van der Waals surface area contributed by atoms with Crippen molar-refractivity contribution in [1.82, 2.24) is 9.97 Å². The zero-order valence-electron chi connectivity index (χ0n) is 17.9. The summed E-state index contributed by atoms with van der Waals surface area (Å²) in [5, 5.41) is 0. The molecule has 1 aromatic carbocycles. The maximum Gasteiger partial charge on any atom is 0.214 e. The molecule has 2 aliphatic rings. The first-order valence-electron chi connectivity index (χ1n) is 10.1. The van der Waals surface area contributed by atoms with E-state index in [1.54, 1.807) is 37.8 Å². The molecule has 0 N–H and O–H groups in total. The molecule has 3 heterocycles. The third kappa shape index (κ3) is 2.79. The maximum atomic E-state index is 13.3. The van der Waals surface area contributed by atoms with Crippen LogP contribution in [0, 0.1) is 0 Å². The number of nitrogens with zero attached hydrogens (tertiary/aromatic N) is 4. The van der Waals surface area contributed by atoms with Crippen LogP contribution < -0.4 is 9.64 Å². The van der Waals surface area contributed by atoms with Gasteiger partial charge in [0, 0.05) is 48.0 Å². The summed E-state index contributed by atoms with van der Waals surface area (Å²) in [6.07, 6.45) is 5.19. The maximum absolute atomic E-state index is 13.3. The molecule has 2 aromatic heterocycles. The van der Waals surface area contributed by atoms with Crippen LogP contribution in [0.25, 0.3) is 11.4 Å². The molecule has 0 radical (unpaired) electrons. The highest BCUT2D eigenvalue weighted by molar-refractivity contribution is 6.54. The van der Waals surface area contributed by atoms with Gasteiger partial charge in [0.25, 0.3) is 0 Å². The Morgan fingerprint density at radius 3 is 2.42 bits per heavy atom. The van der Waals surface area contributed by atoms with Gasteiger partial charge in [0.15, 0.2) is 0 Å². The lowest BCUT2D eigenvalue weighted by atomic mass is 9.84. The topological polar surface area (TPSA) is 67.7 Å². The van der Waals surface area contributed by atoms with E-state index < -0.39 is 0 Å². The second-order valence-electron chi connectivity index (χ2n) is 8.19. The molecule has 6 nitrogen and oxygen atoms in total. The number of likely N-dealkylation sites (N-methyl/N-ethyl adjacent to an activating group) is 1. The number of Topliss-reactive ketones (excluding diaryl/α,β-unsaturated/α-hetero) is 1. The number of aromatic nitrogens is 2. The third-order valence-corrected chi connectivity index (χ3v) is 6.11. The summed E-state index contributed by atoms with van der Waals surface area (Å²) in [6, 6.07) is 13.3. The molecule has 0 bridgehead atoms. The van der Waals surface area contributed by atoms with Crippen molar-refractivity contribution in [3.8, 4) is 17.1 Å². The number of carbonyl (C=O) groups excluding carboxylic acids is 1. The summed E-state index contributed by atoms with van der Waals surface area (Å²) >= 11 is 0. The van der Waals surface area contributed by atoms with E-state index in [0.717, 1.165) is 22.7 Å². The summed E-state index contributed by atoms with van der Waals surface area (Å²) in [7, 11) is 3.69. The Bertz CT molecular complexity index is 1290. The highest BCUT2D eigenvalue weighted by Crippen LogP contribution is 2.48. The Balaban J connectivity index is 1.64. The van der Waals surface area contributed by atoms with Gasteiger partial charge in [0.05, 0.1) is 18.4 Å². The van der Waals surface area contributed by atoms with Crippen molar-refractivity contribution in [2.24, 2.45) is 4.99 Å². The van der Waals surface area contributed by atoms with E-state index in [-0.39, 0.29) is 11.2 Å². The van der Waals surface area contributed by atoms with E-state index in [9.17, 15) is 4.79 Å². The van der Waals surface area contributed by atoms with Crippen LogP contribution in [-0.4, -0.2) is 35.6 Å².